The summed E-state index contributed by atoms with van der Waals surface area (Å²) in [6.07, 6.45) is 1.12. The fourth-order valence-electron chi connectivity index (χ4n) is 2.00. The molecule has 0 aliphatic heterocycles. The third-order valence-electron chi connectivity index (χ3n) is 2.93. The Morgan fingerprint density at radius 2 is 1.82 bits per heavy atom. The van der Waals surface area contributed by atoms with Crippen LogP contribution in [0.2, 0.25) is 0 Å². The van der Waals surface area contributed by atoms with E-state index < -0.39 is 0 Å². The first-order valence-electron chi connectivity index (χ1n) is 6.24. The number of nitrogens with zero attached hydrogens (tertiary/aromatic N) is 1. The van der Waals surface area contributed by atoms with Gasteiger partial charge in [-0.15, -0.1) is 0 Å². The maximum Gasteiger partial charge on any atom is 0.249 e. The molecule has 1 N–H and O–H groups in total. The Kier molecular flexibility index (Phi) is 4.87. The summed E-state index contributed by atoms with van der Waals surface area (Å²) in [5.41, 5.74) is 0.527. The number of hydrogen-bond donors (Lipinski definition) is 1. The highest BCUT2D eigenvalue weighted by atomic mass is 16.2. The van der Waals surface area contributed by atoms with Gasteiger partial charge in [0.25, 0.3) is 0 Å². The van der Waals surface area contributed by atoms with Crippen LogP contribution in [0.1, 0.15) is 38.7 Å². The largest absolute Gasteiger partial charge is 0.380 e. The molecule has 0 atom stereocenters. The fraction of sp³-hybridized carbons (Fsp3) is 0.692. The monoisotopic (exact) mass is 238 g/mol. The Bertz CT molecular complexity index is 431. The molecule has 0 saturated carbocycles. The van der Waals surface area contributed by atoms with Crippen molar-refractivity contribution in [2.45, 2.75) is 33.1 Å². The van der Waals surface area contributed by atoms with E-state index in [0.717, 1.165) is 19.5 Å². The molecule has 96 valence electrons. The molecule has 0 bridgehead atoms. The molecule has 1 aromatic rings. The minimum Gasteiger partial charge on any atom is -0.380 e. The molecule has 0 fully saturated rings. The highest BCUT2D eigenvalue weighted by Gasteiger charge is 2.22. The average molecular weight is 238 g/mol. The first kappa shape index (κ1) is 13.9. The van der Waals surface area contributed by atoms with Crippen molar-refractivity contribution < 1.29 is 0 Å². The molecule has 0 saturated heterocycles. The molecule has 0 aromatic heterocycles. The van der Waals surface area contributed by atoms with Gasteiger partial charge in [-0.1, -0.05) is 20.8 Å². The molecular formula is C13H22N2O2. The predicted octanol–water partition coefficient (Wildman–Crippen LogP) is 1.16. The maximum atomic E-state index is 11.4. The molecule has 1 aromatic carbocycles. The predicted molar refractivity (Wildman–Crippen MR) is 71.7 cm³/mol. The topological polar surface area (TPSA) is 49.4 Å². The Morgan fingerprint density at radius 3 is 2.35 bits per heavy atom. The number of rotatable bonds is 7. The van der Waals surface area contributed by atoms with E-state index in [1.165, 1.54) is 0 Å². The summed E-state index contributed by atoms with van der Waals surface area (Å²) < 4.78 is 0. The van der Waals surface area contributed by atoms with Gasteiger partial charge in [0.05, 0.1) is 5.69 Å². The Labute approximate surface area is 102 Å². The maximum absolute atomic E-state index is 11.4. The summed E-state index contributed by atoms with van der Waals surface area (Å²) in [7, 11) is 2.05. The smallest absolute Gasteiger partial charge is 0.249 e. The summed E-state index contributed by atoms with van der Waals surface area (Å²) in [5.74, 6) is 0.121. The minimum atomic E-state index is -0.355. The second-order valence-corrected chi connectivity index (χ2v) is 4.83. The van der Waals surface area contributed by atoms with E-state index in [9.17, 15) is 9.59 Å². The minimum absolute atomic E-state index is 0.121. The van der Waals surface area contributed by atoms with Crippen LogP contribution in [0.4, 0.5) is 5.69 Å². The molecule has 0 aliphatic carbocycles. The van der Waals surface area contributed by atoms with Crippen LogP contribution in [-0.4, -0.2) is 31.6 Å². The van der Waals surface area contributed by atoms with Gasteiger partial charge in [0, 0.05) is 18.7 Å². The lowest BCUT2D eigenvalue weighted by atomic mass is 9.96. The molecule has 0 unspecified atom stereocenters. The summed E-state index contributed by atoms with van der Waals surface area (Å²) in [4.78, 5) is 25.0. The molecule has 0 amide bonds. The molecule has 17 heavy (non-hydrogen) atoms. The zero-order valence-corrected chi connectivity index (χ0v) is 11.2. The van der Waals surface area contributed by atoms with Crippen molar-refractivity contribution in [2.24, 2.45) is 0 Å². The van der Waals surface area contributed by atoms with Crippen LogP contribution in [0.15, 0.2) is 9.59 Å². The lowest BCUT2D eigenvalue weighted by Gasteiger charge is -2.19. The van der Waals surface area contributed by atoms with E-state index in [2.05, 4.69) is 24.2 Å². The Morgan fingerprint density at radius 1 is 1.18 bits per heavy atom. The van der Waals surface area contributed by atoms with Crippen LogP contribution in [0, 0.1) is 0 Å². The first-order valence-corrected chi connectivity index (χ1v) is 6.24. The lowest BCUT2D eigenvalue weighted by Crippen LogP contribution is -2.40. The van der Waals surface area contributed by atoms with Gasteiger partial charge in [-0.05, 0) is 25.9 Å². The third-order valence-corrected chi connectivity index (χ3v) is 2.93. The normalized spacial score (nSPS) is 11.6. The van der Waals surface area contributed by atoms with Crippen molar-refractivity contribution >= 4 is 5.69 Å². The van der Waals surface area contributed by atoms with Gasteiger partial charge in [0.15, 0.2) is 0 Å². The van der Waals surface area contributed by atoms with Gasteiger partial charge in [-0.2, -0.15) is 0 Å². The van der Waals surface area contributed by atoms with Crippen LogP contribution >= 0.6 is 0 Å². The molecule has 0 radical (unpaired) electrons. The first-order chi connectivity index (χ1) is 7.99. The highest BCUT2D eigenvalue weighted by molar-refractivity contribution is 5.57. The van der Waals surface area contributed by atoms with Crippen LogP contribution in [0.25, 0.3) is 0 Å². The lowest BCUT2D eigenvalue weighted by molar-refractivity contribution is 0.347. The average Bonchev–Trinajstić information content (AvgIpc) is 2.26. The van der Waals surface area contributed by atoms with Gasteiger partial charge in [-0.25, -0.2) is 0 Å². The summed E-state index contributed by atoms with van der Waals surface area (Å²) in [6.45, 7) is 8.64. The van der Waals surface area contributed by atoms with E-state index in [1.54, 1.807) is 0 Å². The fourth-order valence-corrected chi connectivity index (χ4v) is 2.00. The van der Waals surface area contributed by atoms with Crippen LogP contribution in [-0.2, 0) is 0 Å². The molecular weight excluding hydrogens is 216 g/mol. The molecule has 1 rings (SSSR count). The van der Waals surface area contributed by atoms with Crippen molar-refractivity contribution in [1.29, 1.82) is 0 Å². The SMILES string of the molecule is CCCN(C)CCNc1c(C(C)C)c(=O)c1=O. The second kappa shape index (κ2) is 5.96. The molecule has 0 spiro atoms. The van der Waals surface area contributed by atoms with Gasteiger partial charge in [0.1, 0.15) is 0 Å². The standard InChI is InChI=1S/C13H22N2O2/c1-5-7-15(4)8-6-14-11-10(9(2)3)12(16)13(11)17/h9,14H,5-8H2,1-4H3. The quantitative estimate of drug-likeness (QED) is 0.724. The van der Waals surface area contributed by atoms with Crippen LogP contribution in [0.5, 0.6) is 0 Å². The van der Waals surface area contributed by atoms with Crippen LogP contribution in [0.3, 0.4) is 0 Å². The Balaban J connectivity index is 2.51. The number of hydrogen-bond acceptors (Lipinski definition) is 4. The van der Waals surface area contributed by atoms with Crippen LogP contribution < -0.4 is 16.2 Å². The number of nitrogens with one attached hydrogen (secondary N) is 1. The van der Waals surface area contributed by atoms with E-state index >= 15 is 0 Å². The van der Waals surface area contributed by atoms with Crippen molar-refractivity contribution in [1.82, 2.24) is 4.90 Å². The third kappa shape index (κ3) is 3.16. The van der Waals surface area contributed by atoms with Gasteiger partial charge in [0.2, 0.25) is 10.9 Å². The molecule has 4 nitrogen and oxygen atoms in total. The van der Waals surface area contributed by atoms with E-state index in [-0.39, 0.29) is 16.8 Å². The summed E-state index contributed by atoms with van der Waals surface area (Å²) in [5, 5.41) is 3.09. The Hall–Kier alpha value is -1.16. The van der Waals surface area contributed by atoms with E-state index in [1.807, 2.05) is 13.8 Å². The molecule has 0 heterocycles. The van der Waals surface area contributed by atoms with Crippen molar-refractivity contribution in [3.05, 3.63) is 26.0 Å². The number of likely N-dealkylation sites (N-methyl/N-ethyl adjacent to an activating group) is 1. The zero-order valence-electron chi connectivity index (χ0n) is 11.2. The molecule has 0 aliphatic rings. The highest BCUT2D eigenvalue weighted by Crippen LogP contribution is 2.18. The van der Waals surface area contributed by atoms with E-state index in [0.29, 0.717) is 17.8 Å². The second-order valence-electron chi connectivity index (χ2n) is 4.83. The summed E-state index contributed by atoms with van der Waals surface area (Å²) >= 11 is 0. The van der Waals surface area contributed by atoms with Gasteiger partial charge < -0.3 is 10.2 Å². The van der Waals surface area contributed by atoms with E-state index in [4.69, 9.17) is 0 Å². The van der Waals surface area contributed by atoms with Crippen molar-refractivity contribution in [3.8, 4) is 0 Å². The zero-order chi connectivity index (χ0) is 13.0. The van der Waals surface area contributed by atoms with Crippen molar-refractivity contribution in [3.63, 3.8) is 0 Å². The number of anilines is 1. The van der Waals surface area contributed by atoms with Gasteiger partial charge in [-0.3, -0.25) is 9.59 Å². The summed E-state index contributed by atoms with van der Waals surface area (Å²) in [6, 6.07) is 0. The molecule has 4 heteroatoms. The van der Waals surface area contributed by atoms with Crippen molar-refractivity contribution in [2.75, 3.05) is 32.0 Å². The van der Waals surface area contributed by atoms with Gasteiger partial charge >= 0.3 is 0 Å².